The van der Waals surface area contributed by atoms with E-state index in [1.54, 1.807) is 0 Å². The van der Waals surface area contributed by atoms with Crippen LogP contribution in [0.5, 0.6) is 5.75 Å². The summed E-state index contributed by atoms with van der Waals surface area (Å²) in [5.74, 6) is -0.243. The summed E-state index contributed by atoms with van der Waals surface area (Å²) in [5, 5.41) is 16.7. The molecule has 0 atom stereocenters. The van der Waals surface area contributed by atoms with Crippen molar-refractivity contribution in [1.29, 1.82) is 0 Å². The highest BCUT2D eigenvalue weighted by molar-refractivity contribution is 6.56. The van der Waals surface area contributed by atoms with Crippen LogP contribution in [0.2, 0.25) is 25.1 Å². The molecule has 0 spiro atoms. The average Bonchev–Trinajstić information content (AvgIpc) is 2.18. The third kappa shape index (κ3) is 3.21. The lowest BCUT2D eigenvalue weighted by atomic mass is 10.2. The van der Waals surface area contributed by atoms with Crippen LogP contribution in [0.25, 0.3) is 0 Å². The quantitative estimate of drug-likeness (QED) is 0.441. The summed E-state index contributed by atoms with van der Waals surface area (Å²) in [7, 11) is -2.09. The molecule has 0 aliphatic heterocycles. The summed E-state index contributed by atoms with van der Waals surface area (Å²) < 4.78 is 4.51. The lowest BCUT2D eigenvalue weighted by molar-refractivity contribution is 0.288. The van der Waals surface area contributed by atoms with Gasteiger partial charge in [0, 0.05) is 0 Å². The Bertz CT molecular complexity index is 373. The highest BCUT2D eigenvalue weighted by Crippen LogP contribution is 2.48. The second-order valence-corrected chi connectivity index (χ2v) is 4.23. The van der Waals surface area contributed by atoms with Gasteiger partial charge in [-0.2, -0.15) is 0 Å². The minimum Gasteiger partial charge on any atom is -0.509 e. The molecule has 0 radical (unpaired) electrons. The number of rotatable bonds is 2. The minimum absolute atomic E-state index is 0. The molecule has 1 aromatic rings. The molecule has 0 aliphatic rings. The van der Waals surface area contributed by atoms with Crippen molar-refractivity contribution in [2.24, 2.45) is 0 Å². The fourth-order valence-corrected chi connectivity index (χ4v) is 2.00. The Balaban J connectivity index is 0.00000225. The summed E-state index contributed by atoms with van der Waals surface area (Å²) in [4.78, 5) is 0. The van der Waals surface area contributed by atoms with Crippen molar-refractivity contribution < 1.29 is 14.7 Å². The zero-order chi connectivity index (χ0) is 11.7. The third-order valence-electron chi connectivity index (χ3n) is 1.39. The molecular weight excluding hydrogens is 322 g/mol. The van der Waals surface area contributed by atoms with E-state index in [-0.39, 0.29) is 37.0 Å². The van der Waals surface area contributed by atoms with Gasteiger partial charge in [-0.05, 0) is 0 Å². The Morgan fingerprint density at radius 3 is 1.38 bits per heavy atom. The van der Waals surface area contributed by atoms with Crippen molar-refractivity contribution in [2.75, 3.05) is 0 Å². The second kappa shape index (κ2) is 6.38. The lowest BCUT2D eigenvalue weighted by Crippen LogP contribution is -2.21. The van der Waals surface area contributed by atoms with Crippen molar-refractivity contribution in [3.8, 4) is 5.75 Å². The van der Waals surface area contributed by atoms with Crippen LogP contribution in [-0.4, -0.2) is 17.4 Å². The zero-order valence-electron chi connectivity index (χ0n) is 7.48. The van der Waals surface area contributed by atoms with Gasteiger partial charge in [-0.3, -0.25) is 0 Å². The Labute approximate surface area is 117 Å². The van der Waals surface area contributed by atoms with Crippen LogP contribution < -0.4 is 10.8 Å². The van der Waals surface area contributed by atoms with Crippen LogP contribution >= 0.6 is 58.0 Å². The van der Waals surface area contributed by atoms with Crippen molar-refractivity contribution in [2.45, 2.75) is 0 Å². The monoisotopic (exact) mass is 325 g/mol. The van der Waals surface area contributed by atoms with Crippen molar-refractivity contribution in [3.63, 3.8) is 0 Å². The first-order chi connectivity index (χ1) is 6.86. The predicted octanol–water partition coefficient (Wildman–Crippen LogP) is 3.46. The molecule has 0 aliphatic carbocycles. The lowest BCUT2D eigenvalue weighted by Gasteiger charge is -2.12. The molecule has 10 heteroatoms. The Morgan fingerprint density at radius 1 is 0.750 bits per heavy atom. The molecular formula is C6H5BCl5NO3. The van der Waals surface area contributed by atoms with Crippen LogP contribution in [0.1, 0.15) is 0 Å². The molecule has 0 fully saturated rings. The van der Waals surface area contributed by atoms with Crippen LogP contribution in [0.15, 0.2) is 0 Å². The van der Waals surface area contributed by atoms with Crippen LogP contribution in [0, 0.1) is 0 Å². The smallest absolute Gasteiger partial charge is 0.509 e. The molecule has 4 nitrogen and oxygen atoms in total. The topological polar surface area (TPSA) is 84.7 Å². The summed E-state index contributed by atoms with van der Waals surface area (Å²) in [5.41, 5.74) is 0. The van der Waals surface area contributed by atoms with Crippen molar-refractivity contribution >= 4 is 65.3 Å². The van der Waals surface area contributed by atoms with E-state index in [1.165, 1.54) is 0 Å². The fourth-order valence-electron chi connectivity index (χ4n) is 0.794. The largest absolute Gasteiger partial charge is 0.707 e. The maximum atomic E-state index is 8.60. The standard InChI is InChI=1S/C6H2BCl5O3.H3N/c8-1-2(9)4(11)6(15-7(13)14)5(12)3(1)10;/h13-14H;1H3. The van der Waals surface area contributed by atoms with Gasteiger partial charge in [0.25, 0.3) is 0 Å². The Kier molecular flexibility index (Phi) is 6.54. The summed E-state index contributed by atoms with van der Waals surface area (Å²) in [6, 6.07) is 0. The molecule has 90 valence electrons. The molecule has 1 aromatic carbocycles. The van der Waals surface area contributed by atoms with E-state index in [4.69, 9.17) is 68.1 Å². The predicted molar refractivity (Wildman–Crippen MR) is 67.3 cm³/mol. The van der Waals surface area contributed by atoms with E-state index in [1.807, 2.05) is 0 Å². The van der Waals surface area contributed by atoms with E-state index >= 15 is 0 Å². The summed E-state index contributed by atoms with van der Waals surface area (Å²) >= 11 is 28.5. The number of benzene rings is 1. The van der Waals surface area contributed by atoms with Crippen LogP contribution in [-0.2, 0) is 0 Å². The highest BCUT2D eigenvalue weighted by atomic mass is 35.5. The van der Waals surface area contributed by atoms with Crippen molar-refractivity contribution in [1.82, 2.24) is 6.15 Å². The van der Waals surface area contributed by atoms with Gasteiger partial charge >= 0.3 is 7.32 Å². The average molecular weight is 327 g/mol. The maximum Gasteiger partial charge on any atom is 0.707 e. The van der Waals surface area contributed by atoms with E-state index in [9.17, 15) is 0 Å². The molecule has 0 amide bonds. The zero-order valence-corrected chi connectivity index (χ0v) is 11.3. The third-order valence-corrected chi connectivity index (χ3v) is 3.63. The van der Waals surface area contributed by atoms with Gasteiger partial charge in [-0.25, -0.2) is 0 Å². The maximum absolute atomic E-state index is 8.60. The summed E-state index contributed by atoms with van der Waals surface area (Å²) in [6.45, 7) is 0. The first-order valence-electron chi connectivity index (χ1n) is 3.40. The molecule has 0 saturated carbocycles. The van der Waals surface area contributed by atoms with Crippen molar-refractivity contribution in [3.05, 3.63) is 25.1 Å². The molecule has 0 bridgehead atoms. The van der Waals surface area contributed by atoms with Crippen LogP contribution in [0.3, 0.4) is 0 Å². The molecule has 16 heavy (non-hydrogen) atoms. The number of halogens is 5. The van der Waals surface area contributed by atoms with Crippen LogP contribution in [0.4, 0.5) is 0 Å². The molecule has 0 saturated heterocycles. The van der Waals surface area contributed by atoms with Gasteiger partial charge in [0.15, 0.2) is 0 Å². The first kappa shape index (κ1) is 16.4. The second-order valence-electron chi connectivity index (χ2n) is 2.34. The van der Waals surface area contributed by atoms with Gasteiger partial charge < -0.3 is 20.9 Å². The van der Waals surface area contributed by atoms with Gasteiger partial charge in [0.1, 0.15) is 15.8 Å². The minimum atomic E-state index is -2.09. The number of hydrogen-bond donors (Lipinski definition) is 3. The van der Waals surface area contributed by atoms with Gasteiger partial charge in [-0.1, -0.05) is 58.0 Å². The Hall–Kier alpha value is 0.415. The number of hydrogen-bond acceptors (Lipinski definition) is 4. The van der Waals surface area contributed by atoms with E-state index < -0.39 is 7.32 Å². The molecule has 0 aromatic heterocycles. The van der Waals surface area contributed by atoms with Gasteiger partial charge in [0.2, 0.25) is 0 Å². The van der Waals surface area contributed by atoms with E-state index in [0.717, 1.165) is 0 Å². The summed E-state index contributed by atoms with van der Waals surface area (Å²) in [6.07, 6.45) is 0. The normalized spacial score (nSPS) is 9.69. The molecule has 1 rings (SSSR count). The van der Waals surface area contributed by atoms with Gasteiger partial charge in [0.05, 0.1) is 15.1 Å². The highest BCUT2D eigenvalue weighted by Gasteiger charge is 2.24. The molecule has 0 unspecified atom stereocenters. The van der Waals surface area contributed by atoms with Gasteiger partial charge in [-0.15, -0.1) is 0 Å². The van der Waals surface area contributed by atoms with E-state index in [0.29, 0.717) is 0 Å². The Morgan fingerprint density at radius 2 is 1.06 bits per heavy atom. The first-order valence-corrected chi connectivity index (χ1v) is 5.29. The fraction of sp³-hybridized carbons (Fsp3) is 0. The molecule has 5 N–H and O–H groups in total. The molecule has 0 heterocycles. The SMILES string of the molecule is N.OB(O)Oc1c(Cl)c(Cl)c(Cl)c(Cl)c1Cl. The van der Waals surface area contributed by atoms with E-state index in [2.05, 4.69) is 4.65 Å².